The van der Waals surface area contributed by atoms with Crippen molar-refractivity contribution in [1.82, 2.24) is 5.32 Å². The maximum absolute atomic E-state index is 12.5. The van der Waals surface area contributed by atoms with E-state index in [1.54, 1.807) is 6.08 Å². The molecule has 0 bridgehead atoms. The minimum Gasteiger partial charge on any atom is -0.394 e. The number of carbonyl (C=O) groups excluding carboxylic acids is 1. The van der Waals surface area contributed by atoms with Crippen LogP contribution in [0.3, 0.4) is 0 Å². The van der Waals surface area contributed by atoms with Crippen LogP contribution in [0.1, 0.15) is 328 Å². The molecule has 3 N–H and O–H groups in total. The smallest absolute Gasteiger partial charge is 0.220 e. The van der Waals surface area contributed by atoms with Crippen LogP contribution in [0.5, 0.6) is 0 Å². The molecule has 0 aromatic carbocycles. The number of nitrogens with one attached hydrogen (secondary N) is 1. The molecule has 0 aromatic heterocycles. The summed E-state index contributed by atoms with van der Waals surface area (Å²) in [5, 5.41) is 23.1. The quantitative estimate of drug-likeness (QED) is 0.0421. The predicted molar refractivity (Wildman–Crippen MR) is 290 cm³/mol. The van der Waals surface area contributed by atoms with E-state index in [0.29, 0.717) is 6.42 Å². The Labute approximate surface area is 408 Å². The van der Waals surface area contributed by atoms with E-state index in [1.807, 2.05) is 6.08 Å². The maximum Gasteiger partial charge on any atom is 0.220 e. The number of amides is 1. The molecule has 0 saturated carbocycles. The van der Waals surface area contributed by atoms with Crippen molar-refractivity contribution in [2.75, 3.05) is 6.61 Å². The molecule has 1 amide bonds. The van der Waals surface area contributed by atoms with Crippen molar-refractivity contribution in [3.63, 3.8) is 0 Å². The van der Waals surface area contributed by atoms with Crippen LogP contribution in [-0.4, -0.2) is 34.9 Å². The largest absolute Gasteiger partial charge is 0.394 e. The second-order valence-electron chi connectivity index (χ2n) is 20.4. The Hall–Kier alpha value is -1.39. The van der Waals surface area contributed by atoms with Crippen LogP contribution in [0.2, 0.25) is 0 Å². The Kier molecular flexibility index (Phi) is 55.7. The summed E-state index contributed by atoms with van der Waals surface area (Å²) in [5.74, 6) is -0.0724. The predicted octanol–water partition coefficient (Wildman–Crippen LogP) is 19.6. The van der Waals surface area contributed by atoms with Gasteiger partial charge in [-0.15, -0.1) is 0 Å². The maximum atomic E-state index is 12.5. The number of aliphatic hydroxyl groups excluding tert-OH is 2. The summed E-state index contributed by atoms with van der Waals surface area (Å²) in [6.45, 7) is 4.31. The molecule has 0 radical (unpaired) electrons. The highest BCUT2D eigenvalue weighted by Gasteiger charge is 2.18. The minimum atomic E-state index is -0.868. The molecule has 0 saturated heterocycles. The highest BCUT2D eigenvalue weighted by atomic mass is 16.3. The summed E-state index contributed by atoms with van der Waals surface area (Å²) in [6, 6.07) is -0.643. The lowest BCUT2D eigenvalue weighted by Gasteiger charge is -2.19. The van der Waals surface area contributed by atoms with Crippen LogP contribution in [0.4, 0.5) is 0 Å². The second-order valence-corrected chi connectivity index (χ2v) is 20.4. The molecular weight excluding hydrogens is 795 g/mol. The fourth-order valence-electron chi connectivity index (χ4n) is 9.33. The van der Waals surface area contributed by atoms with Gasteiger partial charge in [0.05, 0.1) is 18.8 Å². The van der Waals surface area contributed by atoms with Gasteiger partial charge in [0.2, 0.25) is 5.91 Å². The van der Waals surface area contributed by atoms with Gasteiger partial charge in [-0.2, -0.15) is 0 Å². The van der Waals surface area contributed by atoms with Gasteiger partial charge in [0.1, 0.15) is 0 Å². The van der Waals surface area contributed by atoms with Gasteiger partial charge in [0, 0.05) is 6.42 Å². The summed E-state index contributed by atoms with van der Waals surface area (Å²) >= 11 is 0. The number of allylic oxidation sites excluding steroid dienone is 5. The Morgan fingerprint density at radius 2 is 0.600 bits per heavy atom. The SMILES string of the molecule is CCCCCCCC/C=C/CC/C=C/CC/C=C/C(O)C(CO)NC(=O)CCCCCCCCCCCCCCCCCCCCCCCCCCCCCCCCCCCCCCC. The normalized spacial score (nSPS) is 13.0. The lowest BCUT2D eigenvalue weighted by molar-refractivity contribution is -0.123. The van der Waals surface area contributed by atoms with E-state index < -0.39 is 12.1 Å². The van der Waals surface area contributed by atoms with Gasteiger partial charge < -0.3 is 15.5 Å². The van der Waals surface area contributed by atoms with E-state index in [2.05, 4.69) is 43.5 Å². The standard InChI is InChI=1S/C61H117NO3/c1-3-5-7-9-11-13-15-17-19-21-22-23-24-25-26-27-28-29-30-31-32-33-34-35-36-37-38-39-40-41-43-45-47-49-51-53-55-57-61(65)62-59(58-63)60(64)56-54-52-50-48-46-44-42-20-18-16-14-12-10-8-6-4-2/h18,20,46,48,54,56,59-60,63-64H,3-17,19,21-45,47,49-53,55,57-58H2,1-2H3,(H,62,65)/b20-18+,48-46+,56-54+. The summed E-state index contributed by atoms with van der Waals surface area (Å²) < 4.78 is 0. The van der Waals surface area contributed by atoms with Gasteiger partial charge in [-0.3, -0.25) is 4.79 Å². The van der Waals surface area contributed by atoms with Crippen LogP contribution in [0, 0.1) is 0 Å². The van der Waals surface area contributed by atoms with Crippen molar-refractivity contribution >= 4 is 5.91 Å². The first-order valence-electron chi connectivity index (χ1n) is 29.7. The van der Waals surface area contributed by atoms with Gasteiger partial charge in [-0.1, -0.05) is 314 Å². The van der Waals surface area contributed by atoms with Gasteiger partial charge in [-0.25, -0.2) is 0 Å². The third-order valence-corrected chi connectivity index (χ3v) is 13.9. The van der Waals surface area contributed by atoms with Crippen LogP contribution in [-0.2, 0) is 4.79 Å². The fraction of sp³-hybridized carbons (Fsp3) is 0.885. The zero-order chi connectivity index (χ0) is 47.0. The Morgan fingerprint density at radius 1 is 0.354 bits per heavy atom. The summed E-state index contributed by atoms with van der Waals surface area (Å²) in [6.07, 6.45) is 77.7. The molecule has 0 aromatic rings. The first-order chi connectivity index (χ1) is 32.2. The molecule has 4 nitrogen and oxygen atoms in total. The molecule has 0 aliphatic heterocycles. The zero-order valence-electron chi connectivity index (χ0n) is 44.3. The summed E-state index contributed by atoms with van der Waals surface area (Å²) in [4.78, 5) is 12.5. The highest BCUT2D eigenvalue weighted by Crippen LogP contribution is 2.18. The fourth-order valence-corrected chi connectivity index (χ4v) is 9.33. The molecular formula is C61H117NO3. The van der Waals surface area contributed by atoms with E-state index in [0.717, 1.165) is 38.5 Å². The number of rotatable bonds is 55. The van der Waals surface area contributed by atoms with Crippen molar-refractivity contribution < 1.29 is 15.0 Å². The molecule has 0 rings (SSSR count). The monoisotopic (exact) mass is 912 g/mol. The van der Waals surface area contributed by atoms with Crippen molar-refractivity contribution in [3.8, 4) is 0 Å². The molecule has 4 heteroatoms. The first-order valence-corrected chi connectivity index (χ1v) is 29.7. The number of hydrogen-bond donors (Lipinski definition) is 3. The van der Waals surface area contributed by atoms with Crippen LogP contribution in [0.15, 0.2) is 36.5 Å². The molecule has 0 fully saturated rings. The lowest BCUT2D eigenvalue weighted by atomic mass is 10.0. The number of carbonyl (C=O) groups is 1. The van der Waals surface area contributed by atoms with Crippen LogP contribution >= 0.6 is 0 Å². The van der Waals surface area contributed by atoms with Crippen LogP contribution in [0.25, 0.3) is 0 Å². The van der Waals surface area contributed by atoms with Crippen molar-refractivity contribution in [2.45, 2.75) is 341 Å². The summed E-state index contributed by atoms with van der Waals surface area (Å²) in [7, 11) is 0. The molecule has 0 aliphatic rings. The van der Waals surface area contributed by atoms with Gasteiger partial charge in [-0.05, 0) is 44.9 Å². The van der Waals surface area contributed by atoms with E-state index in [-0.39, 0.29) is 12.5 Å². The number of unbranched alkanes of at least 4 members (excludes halogenated alkanes) is 44. The molecule has 384 valence electrons. The van der Waals surface area contributed by atoms with E-state index in [9.17, 15) is 15.0 Å². The molecule has 0 spiro atoms. The number of aliphatic hydroxyl groups is 2. The second kappa shape index (κ2) is 56.9. The minimum absolute atomic E-state index is 0.0724. The average molecular weight is 913 g/mol. The molecule has 0 aliphatic carbocycles. The molecule has 2 unspecified atom stereocenters. The first kappa shape index (κ1) is 63.6. The van der Waals surface area contributed by atoms with E-state index in [1.165, 1.54) is 270 Å². The van der Waals surface area contributed by atoms with Crippen molar-refractivity contribution in [3.05, 3.63) is 36.5 Å². The van der Waals surface area contributed by atoms with Crippen LogP contribution < -0.4 is 5.32 Å². The third kappa shape index (κ3) is 53.4. The topological polar surface area (TPSA) is 69.6 Å². The Bertz CT molecular complexity index is 989. The highest BCUT2D eigenvalue weighted by molar-refractivity contribution is 5.76. The van der Waals surface area contributed by atoms with Gasteiger partial charge in [0.25, 0.3) is 0 Å². The molecule has 65 heavy (non-hydrogen) atoms. The lowest BCUT2D eigenvalue weighted by Crippen LogP contribution is -2.45. The summed E-state index contributed by atoms with van der Waals surface area (Å²) in [5.41, 5.74) is 0. The average Bonchev–Trinajstić information content (AvgIpc) is 3.31. The zero-order valence-corrected chi connectivity index (χ0v) is 44.3. The molecule has 0 heterocycles. The van der Waals surface area contributed by atoms with E-state index >= 15 is 0 Å². The van der Waals surface area contributed by atoms with Gasteiger partial charge >= 0.3 is 0 Å². The molecule has 2 atom stereocenters. The number of hydrogen-bond acceptors (Lipinski definition) is 3. The Morgan fingerprint density at radius 3 is 0.892 bits per heavy atom. The van der Waals surface area contributed by atoms with E-state index in [4.69, 9.17) is 0 Å². The Balaban J connectivity index is 3.40. The van der Waals surface area contributed by atoms with Crippen molar-refractivity contribution in [2.24, 2.45) is 0 Å². The van der Waals surface area contributed by atoms with Crippen molar-refractivity contribution in [1.29, 1.82) is 0 Å². The van der Waals surface area contributed by atoms with Gasteiger partial charge in [0.15, 0.2) is 0 Å². The third-order valence-electron chi connectivity index (χ3n) is 13.9.